The first kappa shape index (κ1) is 9.74. The highest BCUT2D eigenvalue weighted by atomic mass is 16.3. The maximum Gasteiger partial charge on any atom is 0.149 e. The average Bonchev–Trinajstić information content (AvgIpc) is 2.81. The molecule has 2 aromatic rings. The second-order valence-electron chi connectivity index (χ2n) is 3.31. The Labute approximate surface area is 89.1 Å². The highest BCUT2D eigenvalue weighted by Gasteiger charge is 1.97. The predicted molar refractivity (Wildman–Crippen MR) is 61.2 cm³/mol. The standard InChI is InChI=1S/C13H13NO/c15-13(14-10-4-5-11-14)9-8-12-6-2-1-3-7-12/h1-11,13,15H/b9-8+/t13-/m1/s1. The van der Waals surface area contributed by atoms with Gasteiger partial charge in [0.1, 0.15) is 6.23 Å². The highest BCUT2D eigenvalue weighted by Crippen LogP contribution is 2.08. The Hall–Kier alpha value is -1.80. The smallest absolute Gasteiger partial charge is 0.149 e. The second kappa shape index (κ2) is 4.62. The third-order valence-corrected chi connectivity index (χ3v) is 2.19. The van der Waals surface area contributed by atoms with E-state index in [1.807, 2.05) is 60.9 Å². The molecular formula is C13H13NO. The van der Waals surface area contributed by atoms with Crippen LogP contribution in [0.4, 0.5) is 0 Å². The lowest BCUT2D eigenvalue weighted by atomic mass is 10.2. The molecule has 0 spiro atoms. The van der Waals surface area contributed by atoms with Gasteiger partial charge in [-0.2, -0.15) is 0 Å². The van der Waals surface area contributed by atoms with Gasteiger partial charge in [0.15, 0.2) is 0 Å². The van der Waals surface area contributed by atoms with E-state index in [0.29, 0.717) is 0 Å². The van der Waals surface area contributed by atoms with Crippen molar-refractivity contribution in [3.05, 3.63) is 66.5 Å². The summed E-state index contributed by atoms with van der Waals surface area (Å²) in [5.74, 6) is 0. The number of aromatic nitrogens is 1. The third kappa shape index (κ3) is 2.58. The van der Waals surface area contributed by atoms with Crippen LogP contribution in [0.5, 0.6) is 0 Å². The molecule has 2 rings (SSSR count). The molecule has 76 valence electrons. The largest absolute Gasteiger partial charge is 0.370 e. The van der Waals surface area contributed by atoms with E-state index in [-0.39, 0.29) is 0 Å². The number of hydrogen-bond donors (Lipinski definition) is 1. The van der Waals surface area contributed by atoms with Crippen LogP contribution in [0, 0.1) is 0 Å². The van der Waals surface area contributed by atoms with E-state index >= 15 is 0 Å². The van der Waals surface area contributed by atoms with Crippen molar-refractivity contribution in [3.8, 4) is 0 Å². The van der Waals surface area contributed by atoms with Crippen molar-refractivity contribution in [2.24, 2.45) is 0 Å². The van der Waals surface area contributed by atoms with Crippen molar-refractivity contribution < 1.29 is 5.11 Å². The van der Waals surface area contributed by atoms with Gasteiger partial charge in [0.2, 0.25) is 0 Å². The quantitative estimate of drug-likeness (QED) is 0.807. The number of hydrogen-bond acceptors (Lipinski definition) is 1. The second-order valence-corrected chi connectivity index (χ2v) is 3.31. The first-order valence-electron chi connectivity index (χ1n) is 4.90. The van der Waals surface area contributed by atoms with Gasteiger partial charge in [-0.05, 0) is 23.8 Å². The highest BCUT2D eigenvalue weighted by molar-refractivity contribution is 5.48. The molecule has 1 atom stereocenters. The van der Waals surface area contributed by atoms with Crippen LogP contribution in [0.1, 0.15) is 11.8 Å². The molecule has 0 aliphatic rings. The van der Waals surface area contributed by atoms with Crippen molar-refractivity contribution in [1.29, 1.82) is 0 Å². The Bertz CT molecular complexity index is 417. The van der Waals surface area contributed by atoms with Gasteiger partial charge < -0.3 is 9.67 Å². The predicted octanol–water partition coefficient (Wildman–Crippen LogP) is 2.69. The molecule has 2 nitrogen and oxygen atoms in total. The molecule has 0 aliphatic heterocycles. The summed E-state index contributed by atoms with van der Waals surface area (Å²) in [6, 6.07) is 13.7. The van der Waals surface area contributed by atoms with Crippen molar-refractivity contribution in [2.45, 2.75) is 6.23 Å². The fourth-order valence-electron chi connectivity index (χ4n) is 1.38. The van der Waals surface area contributed by atoms with Crippen LogP contribution >= 0.6 is 0 Å². The average molecular weight is 199 g/mol. The van der Waals surface area contributed by atoms with Gasteiger partial charge >= 0.3 is 0 Å². The van der Waals surface area contributed by atoms with Gasteiger partial charge in [-0.25, -0.2) is 0 Å². The Kier molecular flexibility index (Phi) is 3.00. The number of aliphatic hydroxyl groups excluding tert-OH is 1. The van der Waals surface area contributed by atoms with Gasteiger partial charge in [-0.15, -0.1) is 0 Å². The van der Waals surface area contributed by atoms with Crippen LogP contribution < -0.4 is 0 Å². The first-order chi connectivity index (χ1) is 7.36. The SMILES string of the molecule is O[C@H](/C=C/c1ccccc1)n1cccc1. The lowest BCUT2D eigenvalue weighted by Gasteiger charge is -2.06. The van der Waals surface area contributed by atoms with Crippen LogP contribution in [0.15, 0.2) is 60.9 Å². The molecule has 0 saturated heterocycles. The minimum Gasteiger partial charge on any atom is -0.370 e. The molecule has 0 fully saturated rings. The summed E-state index contributed by atoms with van der Waals surface area (Å²) in [4.78, 5) is 0. The van der Waals surface area contributed by atoms with Crippen LogP contribution in [0.3, 0.4) is 0 Å². The van der Waals surface area contributed by atoms with Crippen LogP contribution in [0.25, 0.3) is 6.08 Å². The lowest BCUT2D eigenvalue weighted by Crippen LogP contribution is -2.01. The molecular weight excluding hydrogens is 186 g/mol. The van der Waals surface area contributed by atoms with E-state index < -0.39 is 6.23 Å². The van der Waals surface area contributed by atoms with Crippen LogP contribution in [-0.2, 0) is 0 Å². The molecule has 1 heterocycles. The molecule has 0 amide bonds. The fraction of sp³-hybridized carbons (Fsp3) is 0.0769. The summed E-state index contributed by atoms with van der Waals surface area (Å²) >= 11 is 0. The normalized spacial score (nSPS) is 13.1. The maximum atomic E-state index is 9.75. The summed E-state index contributed by atoms with van der Waals surface area (Å²) in [5.41, 5.74) is 1.09. The van der Waals surface area contributed by atoms with Gasteiger partial charge in [-0.1, -0.05) is 36.4 Å². The summed E-state index contributed by atoms with van der Waals surface area (Å²) in [5, 5.41) is 9.75. The Balaban J connectivity index is 2.06. The van der Waals surface area contributed by atoms with Crippen LogP contribution in [0.2, 0.25) is 0 Å². The summed E-state index contributed by atoms with van der Waals surface area (Å²) in [6.07, 6.45) is 6.74. The van der Waals surface area contributed by atoms with Crippen molar-refractivity contribution >= 4 is 6.08 Å². The fourth-order valence-corrected chi connectivity index (χ4v) is 1.38. The Morgan fingerprint density at radius 1 is 1.00 bits per heavy atom. The molecule has 0 unspecified atom stereocenters. The van der Waals surface area contributed by atoms with Gasteiger partial charge in [0.05, 0.1) is 0 Å². The van der Waals surface area contributed by atoms with Crippen molar-refractivity contribution in [1.82, 2.24) is 4.57 Å². The molecule has 1 aromatic heterocycles. The molecule has 0 saturated carbocycles. The van der Waals surface area contributed by atoms with E-state index in [4.69, 9.17) is 0 Å². The Morgan fingerprint density at radius 3 is 2.33 bits per heavy atom. The van der Waals surface area contributed by atoms with Crippen molar-refractivity contribution in [3.63, 3.8) is 0 Å². The third-order valence-electron chi connectivity index (χ3n) is 2.19. The zero-order valence-electron chi connectivity index (χ0n) is 8.32. The monoisotopic (exact) mass is 199 g/mol. The van der Waals surface area contributed by atoms with E-state index in [1.165, 1.54) is 0 Å². The number of rotatable bonds is 3. The maximum absolute atomic E-state index is 9.75. The summed E-state index contributed by atoms with van der Waals surface area (Å²) in [7, 11) is 0. The summed E-state index contributed by atoms with van der Waals surface area (Å²) < 4.78 is 1.74. The van der Waals surface area contributed by atoms with Crippen LogP contribution in [-0.4, -0.2) is 9.67 Å². The number of aliphatic hydroxyl groups is 1. The van der Waals surface area contributed by atoms with E-state index in [2.05, 4.69) is 0 Å². The zero-order chi connectivity index (χ0) is 10.5. The molecule has 0 radical (unpaired) electrons. The summed E-state index contributed by atoms with van der Waals surface area (Å²) in [6.45, 7) is 0. The molecule has 0 bridgehead atoms. The van der Waals surface area contributed by atoms with E-state index in [0.717, 1.165) is 5.56 Å². The Morgan fingerprint density at radius 2 is 1.67 bits per heavy atom. The topological polar surface area (TPSA) is 25.2 Å². The first-order valence-corrected chi connectivity index (χ1v) is 4.90. The van der Waals surface area contributed by atoms with Gasteiger partial charge in [-0.3, -0.25) is 0 Å². The molecule has 1 N–H and O–H groups in total. The number of nitrogens with zero attached hydrogens (tertiary/aromatic N) is 1. The minimum atomic E-state index is -0.597. The molecule has 0 aliphatic carbocycles. The van der Waals surface area contributed by atoms with Gasteiger partial charge in [0.25, 0.3) is 0 Å². The molecule has 15 heavy (non-hydrogen) atoms. The minimum absolute atomic E-state index is 0.597. The van der Waals surface area contributed by atoms with E-state index in [9.17, 15) is 5.11 Å². The van der Waals surface area contributed by atoms with Gasteiger partial charge in [0, 0.05) is 12.4 Å². The molecule has 1 aromatic carbocycles. The molecule has 2 heteroatoms. The van der Waals surface area contributed by atoms with E-state index in [1.54, 1.807) is 10.6 Å². The van der Waals surface area contributed by atoms with Crippen molar-refractivity contribution in [2.75, 3.05) is 0 Å². The lowest BCUT2D eigenvalue weighted by molar-refractivity contribution is 0.156. The number of benzene rings is 1. The zero-order valence-corrected chi connectivity index (χ0v) is 8.32.